The maximum atomic E-state index is 12.1. The van der Waals surface area contributed by atoms with Crippen LogP contribution in [0, 0.1) is 0 Å². The van der Waals surface area contributed by atoms with Crippen LogP contribution in [0.25, 0.3) is 0 Å². The Morgan fingerprint density at radius 2 is 1.59 bits per heavy atom. The molecular formula is C16H21N3O3. The van der Waals surface area contributed by atoms with Crippen LogP contribution < -0.4 is 10.6 Å². The molecule has 4 amide bonds. The molecule has 0 atom stereocenters. The minimum absolute atomic E-state index is 0.175. The third kappa shape index (κ3) is 3.63. The van der Waals surface area contributed by atoms with Crippen molar-refractivity contribution >= 4 is 17.8 Å². The van der Waals surface area contributed by atoms with E-state index in [2.05, 4.69) is 17.6 Å². The molecule has 0 spiro atoms. The summed E-state index contributed by atoms with van der Waals surface area (Å²) in [4.78, 5) is 36.9. The van der Waals surface area contributed by atoms with Gasteiger partial charge in [0.2, 0.25) is 0 Å². The zero-order valence-corrected chi connectivity index (χ0v) is 12.7. The van der Waals surface area contributed by atoms with Gasteiger partial charge in [0.05, 0.1) is 11.1 Å². The number of unbranched alkanes of at least 4 members (excludes halogenated alkanes) is 2. The first-order valence-electron chi connectivity index (χ1n) is 7.62. The van der Waals surface area contributed by atoms with Crippen molar-refractivity contribution in [1.29, 1.82) is 0 Å². The lowest BCUT2D eigenvalue weighted by molar-refractivity contribution is 0.0656. The first-order chi connectivity index (χ1) is 10.6. The molecule has 2 N–H and O–H groups in total. The molecule has 22 heavy (non-hydrogen) atoms. The highest BCUT2D eigenvalue weighted by Gasteiger charge is 2.34. The SMILES string of the molecule is CCCCCNC(=O)NCCN1C(=O)c2ccccc2C1=O. The highest BCUT2D eigenvalue weighted by molar-refractivity contribution is 6.21. The van der Waals surface area contributed by atoms with Crippen LogP contribution in [0.15, 0.2) is 24.3 Å². The van der Waals surface area contributed by atoms with Crippen LogP contribution in [-0.4, -0.2) is 42.4 Å². The summed E-state index contributed by atoms with van der Waals surface area (Å²) in [6.07, 6.45) is 3.13. The Balaban J connectivity index is 1.75. The molecule has 118 valence electrons. The Kier molecular flexibility index (Phi) is 5.52. The van der Waals surface area contributed by atoms with Gasteiger partial charge in [-0.2, -0.15) is 0 Å². The standard InChI is InChI=1S/C16H21N3O3/c1-2-3-6-9-17-16(22)18-10-11-19-14(20)12-7-4-5-8-13(12)15(19)21/h4-5,7-8H,2-3,6,9-11H2,1H3,(H2,17,18,22). The molecule has 6 heteroatoms. The van der Waals surface area contributed by atoms with E-state index in [-0.39, 0.29) is 30.9 Å². The second-order valence-electron chi connectivity index (χ2n) is 5.20. The normalized spacial score (nSPS) is 13.2. The van der Waals surface area contributed by atoms with Crippen molar-refractivity contribution in [3.05, 3.63) is 35.4 Å². The Labute approximate surface area is 129 Å². The number of hydrogen-bond donors (Lipinski definition) is 2. The average Bonchev–Trinajstić information content (AvgIpc) is 2.77. The van der Waals surface area contributed by atoms with Gasteiger partial charge in [0.1, 0.15) is 0 Å². The molecule has 1 aromatic carbocycles. The van der Waals surface area contributed by atoms with Crippen molar-refractivity contribution in [3.8, 4) is 0 Å². The van der Waals surface area contributed by atoms with E-state index in [1.807, 2.05) is 0 Å². The molecule has 1 heterocycles. The van der Waals surface area contributed by atoms with Gasteiger partial charge in [-0.25, -0.2) is 4.79 Å². The first-order valence-corrected chi connectivity index (χ1v) is 7.62. The van der Waals surface area contributed by atoms with Crippen molar-refractivity contribution in [2.75, 3.05) is 19.6 Å². The van der Waals surface area contributed by atoms with Crippen molar-refractivity contribution in [2.45, 2.75) is 26.2 Å². The van der Waals surface area contributed by atoms with Gasteiger partial charge in [0.25, 0.3) is 11.8 Å². The molecule has 0 radical (unpaired) electrons. The van der Waals surface area contributed by atoms with Crippen LogP contribution >= 0.6 is 0 Å². The molecular weight excluding hydrogens is 282 g/mol. The fourth-order valence-electron chi connectivity index (χ4n) is 2.36. The monoisotopic (exact) mass is 303 g/mol. The summed E-state index contributed by atoms with van der Waals surface area (Å²) in [5.74, 6) is -0.600. The lowest BCUT2D eigenvalue weighted by Gasteiger charge is -2.14. The fraction of sp³-hybridized carbons (Fsp3) is 0.438. The number of carbonyl (C=O) groups is 3. The van der Waals surface area contributed by atoms with E-state index in [0.717, 1.165) is 19.3 Å². The summed E-state index contributed by atoms with van der Waals surface area (Å²) in [6.45, 7) is 3.15. The van der Waals surface area contributed by atoms with E-state index in [1.165, 1.54) is 4.90 Å². The molecule has 2 rings (SSSR count). The number of amides is 4. The molecule has 0 unspecified atom stereocenters. The van der Waals surface area contributed by atoms with Gasteiger partial charge in [0.15, 0.2) is 0 Å². The minimum atomic E-state index is -0.300. The summed E-state index contributed by atoms with van der Waals surface area (Å²) in [5, 5.41) is 5.40. The summed E-state index contributed by atoms with van der Waals surface area (Å²) < 4.78 is 0. The van der Waals surface area contributed by atoms with E-state index in [0.29, 0.717) is 17.7 Å². The third-order valence-corrected chi connectivity index (χ3v) is 3.57. The van der Waals surface area contributed by atoms with Crippen molar-refractivity contribution in [2.24, 2.45) is 0 Å². The number of urea groups is 1. The number of carbonyl (C=O) groups excluding carboxylic acids is 3. The van der Waals surface area contributed by atoms with Crippen LogP contribution in [0.1, 0.15) is 46.9 Å². The Morgan fingerprint density at radius 3 is 2.18 bits per heavy atom. The van der Waals surface area contributed by atoms with Crippen LogP contribution in [0.4, 0.5) is 4.79 Å². The van der Waals surface area contributed by atoms with Crippen molar-refractivity contribution in [3.63, 3.8) is 0 Å². The van der Waals surface area contributed by atoms with Gasteiger partial charge in [-0.05, 0) is 18.6 Å². The largest absolute Gasteiger partial charge is 0.338 e. The number of rotatable bonds is 7. The minimum Gasteiger partial charge on any atom is -0.338 e. The fourth-order valence-corrected chi connectivity index (χ4v) is 2.36. The Hall–Kier alpha value is -2.37. The summed E-state index contributed by atoms with van der Waals surface area (Å²) in [5.41, 5.74) is 0.855. The molecule has 0 aromatic heterocycles. The molecule has 0 aliphatic carbocycles. The van der Waals surface area contributed by atoms with Gasteiger partial charge >= 0.3 is 6.03 Å². The molecule has 0 bridgehead atoms. The zero-order chi connectivity index (χ0) is 15.9. The average molecular weight is 303 g/mol. The van der Waals surface area contributed by atoms with E-state index in [9.17, 15) is 14.4 Å². The van der Waals surface area contributed by atoms with Gasteiger partial charge in [-0.1, -0.05) is 31.9 Å². The summed E-state index contributed by atoms with van der Waals surface area (Å²) in [6, 6.07) is 6.48. The predicted octanol–water partition coefficient (Wildman–Crippen LogP) is 1.77. The topological polar surface area (TPSA) is 78.5 Å². The zero-order valence-electron chi connectivity index (χ0n) is 12.7. The van der Waals surface area contributed by atoms with Gasteiger partial charge in [0, 0.05) is 19.6 Å². The van der Waals surface area contributed by atoms with Gasteiger partial charge in [-0.15, -0.1) is 0 Å². The number of benzene rings is 1. The number of nitrogens with one attached hydrogen (secondary N) is 2. The van der Waals surface area contributed by atoms with E-state index in [1.54, 1.807) is 24.3 Å². The number of hydrogen-bond acceptors (Lipinski definition) is 3. The maximum absolute atomic E-state index is 12.1. The smallest absolute Gasteiger partial charge is 0.314 e. The Bertz CT molecular complexity index is 537. The quantitative estimate of drug-likeness (QED) is 0.595. The number of fused-ring (bicyclic) bond motifs is 1. The van der Waals surface area contributed by atoms with Crippen LogP contribution in [0.5, 0.6) is 0 Å². The highest BCUT2D eigenvalue weighted by Crippen LogP contribution is 2.21. The summed E-state index contributed by atoms with van der Waals surface area (Å²) >= 11 is 0. The maximum Gasteiger partial charge on any atom is 0.314 e. The lowest BCUT2D eigenvalue weighted by atomic mass is 10.1. The molecule has 1 aliphatic heterocycles. The molecule has 6 nitrogen and oxygen atoms in total. The summed E-state index contributed by atoms with van der Waals surface area (Å²) in [7, 11) is 0. The third-order valence-electron chi connectivity index (χ3n) is 3.57. The second-order valence-corrected chi connectivity index (χ2v) is 5.20. The van der Waals surface area contributed by atoms with E-state index < -0.39 is 0 Å². The molecule has 1 aromatic rings. The van der Waals surface area contributed by atoms with Crippen molar-refractivity contribution < 1.29 is 14.4 Å². The highest BCUT2D eigenvalue weighted by atomic mass is 16.2. The molecule has 0 fully saturated rings. The van der Waals surface area contributed by atoms with Crippen LogP contribution in [0.2, 0.25) is 0 Å². The van der Waals surface area contributed by atoms with Crippen LogP contribution in [0.3, 0.4) is 0 Å². The predicted molar refractivity (Wildman–Crippen MR) is 82.7 cm³/mol. The van der Waals surface area contributed by atoms with Gasteiger partial charge < -0.3 is 10.6 Å². The van der Waals surface area contributed by atoms with E-state index in [4.69, 9.17) is 0 Å². The van der Waals surface area contributed by atoms with Crippen LogP contribution in [-0.2, 0) is 0 Å². The number of imide groups is 1. The van der Waals surface area contributed by atoms with E-state index >= 15 is 0 Å². The van der Waals surface area contributed by atoms with Crippen molar-refractivity contribution in [1.82, 2.24) is 15.5 Å². The first kappa shape index (κ1) is 16.0. The molecule has 0 saturated carbocycles. The second kappa shape index (κ2) is 7.59. The molecule has 0 saturated heterocycles. The lowest BCUT2D eigenvalue weighted by Crippen LogP contribution is -2.42. The van der Waals surface area contributed by atoms with Gasteiger partial charge in [-0.3, -0.25) is 14.5 Å². The molecule has 1 aliphatic rings. The number of nitrogens with zero attached hydrogens (tertiary/aromatic N) is 1. The Morgan fingerprint density at radius 1 is 1.00 bits per heavy atom.